The summed E-state index contributed by atoms with van der Waals surface area (Å²) in [7, 11) is 0. The predicted octanol–water partition coefficient (Wildman–Crippen LogP) is 3.71. The Morgan fingerprint density at radius 1 is 0.944 bits per heavy atom. The number of pyridine rings is 1. The molecule has 0 N–H and O–H groups in total. The molecule has 0 bridgehead atoms. The van der Waals surface area contributed by atoms with Gasteiger partial charge in [-0.25, -0.2) is 0 Å². The number of hydrogen-bond acceptors (Lipinski definition) is 2. The van der Waals surface area contributed by atoms with E-state index in [0.717, 1.165) is 28.3 Å². The lowest BCUT2D eigenvalue weighted by atomic mass is 9.99. The number of carbonyl (C=O) groups excluding carboxylic acids is 1. The van der Waals surface area contributed by atoms with Crippen molar-refractivity contribution >= 4 is 17.2 Å². The average Bonchev–Trinajstić information content (AvgIpc) is 2.47. The van der Waals surface area contributed by atoms with Crippen molar-refractivity contribution in [1.29, 1.82) is 0 Å². The summed E-state index contributed by atoms with van der Waals surface area (Å²) in [4.78, 5) is 15.4. The summed E-state index contributed by atoms with van der Waals surface area (Å²) in [6.07, 6.45) is 2.65. The first-order valence-electron chi connectivity index (χ1n) is 5.78. The van der Waals surface area contributed by atoms with Crippen molar-refractivity contribution in [2.24, 2.45) is 0 Å². The molecule has 0 atom stereocenters. The second-order valence-corrected chi connectivity index (χ2v) is 4.13. The maximum absolute atomic E-state index is 11.0. The molecule has 86 valence electrons. The average molecular weight is 233 g/mol. The minimum absolute atomic E-state index is 0.675. The predicted molar refractivity (Wildman–Crippen MR) is 72.6 cm³/mol. The third kappa shape index (κ3) is 1.78. The molecule has 2 heteroatoms. The number of carbonyl (C=O) groups is 1. The summed E-state index contributed by atoms with van der Waals surface area (Å²) in [6, 6.07) is 17.6. The smallest absolute Gasteiger partial charge is 0.150 e. The first-order valence-corrected chi connectivity index (χ1v) is 5.78. The van der Waals surface area contributed by atoms with Crippen LogP contribution in [0.25, 0.3) is 22.0 Å². The number of hydrogen-bond donors (Lipinski definition) is 0. The Bertz CT molecular complexity index is 705. The molecule has 0 spiro atoms. The van der Waals surface area contributed by atoms with E-state index in [0.29, 0.717) is 5.56 Å². The zero-order valence-corrected chi connectivity index (χ0v) is 9.71. The minimum atomic E-state index is 0.675. The summed E-state index contributed by atoms with van der Waals surface area (Å²) in [5.41, 5.74) is 3.67. The molecule has 0 fully saturated rings. The van der Waals surface area contributed by atoms with Gasteiger partial charge in [-0.2, -0.15) is 0 Å². The Morgan fingerprint density at radius 3 is 2.56 bits per heavy atom. The van der Waals surface area contributed by atoms with E-state index in [-0.39, 0.29) is 0 Å². The van der Waals surface area contributed by atoms with Crippen molar-refractivity contribution in [2.75, 3.05) is 0 Å². The molecular formula is C16H11NO. The first-order chi connectivity index (χ1) is 8.88. The van der Waals surface area contributed by atoms with Crippen molar-refractivity contribution < 1.29 is 4.79 Å². The second-order valence-electron chi connectivity index (χ2n) is 4.13. The molecule has 0 saturated heterocycles. The van der Waals surface area contributed by atoms with Crippen LogP contribution >= 0.6 is 0 Å². The van der Waals surface area contributed by atoms with Gasteiger partial charge in [-0.3, -0.25) is 9.78 Å². The minimum Gasteiger partial charge on any atom is -0.298 e. The van der Waals surface area contributed by atoms with E-state index < -0.39 is 0 Å². The molecule has 3 rings (SSSR count). The van der Waals surface area contributed by atoms with Gasteiger partial charge < -0.3 is 0 Å². The molecule has 0 unspecified atom stereocenters. The van der Waals surface area contributed by atoms with Gasteiger partial charge in [-0.1, -0.05) is 36.4 Å². The Morgan fingerprint density at radius 2 is 1.78 bits per heavy atom. The highest BCUT2D eigenvalue weighted by Crippen LogP contribution is 2.28. The number of aldehydes is 1. The normalized spacial score (nSPS) is 10.4. The van der Waals surface area contributed by atoms with Crippen molar-refractivity contribution in [3.8, 4) is 11.1 Å². The molecule has 18 heavy (non-hydrogen) atoms. The van der Waals surface area contributed by atoms with E-state index in [1.807, 2.05) is 54.6 Å². The largest absolute Gasteiger partial charge is 0.298 e. The summed E-state index contributed by atoms with van der Waals surface area (Å²) in [6.45, 7) is 0. The van der Waals surface area contributed by atoms with E-state index in [2.05, 4.69) is 4.98 Å². The monoisotopic (exact) mass is 233 g/mol. The van der Waals surface area contributed by atoms with Crippen LogP contribution < -0.4 is 0 Å². The van der Waals surface area contributed by atoms with Gasteiger partial charge in [-0.05, 0) is 23.8 Å². The molecule has 3 aromatic rings. The second kappa shape index (κ2) is 4.41. The van der Waals surface area contributed by atoms with Crippen molar-refractivity contribution in [3.63, 3.8) is 0 Å². The molecule has 2 aromatic carbocycles. The number of aromatic nitrogens is 1. The van der Waals surface area contributed by atoms with Crippen LogP contribution in [0.1, 0.15) is 10.4 Å². The highest BCUT2D eigenvalue weighted by atomic mass is 16.1. The molecule has 0 saturated carbocycles. The zero-order valence-electron chi connectivity index (χ0n) is 9.71. The Balaban J connectivity index is 2.36. The van der Waals surface area contributed by atoms with E-state index >= 15 is 0 Å². The van der Waals surface area contributed by atoms with Gasteiger partial charge in [0.15, 0.2) is 0 Å². The fraction of sp³-hybridized carbons (Fsp3) is 0. The van der Waals surface area contributed by atoms with Gasteiger partial charge in [0.25, 0.3) is 0 Å². The summed E-state index contributed by atoms with van der Waals surface area (Å²) in [5, 5.41) is 0.987. The van der Waals surface area contributed by atoms with E-state index in [1.165, 1.54) is 0 Å². The number of benzene rings is 2. The zero-order chi connectivity index (χ0) is 12.4. The van der Waals surface area contributed by atoms with Crippen LogP contribution in [0.5, 0.6) is 0 Å². The highest BCUT2D eigenvalue weighted by molar-refractivity contribution is 5.97. The maximum atomic E-state index is 11.0. The molecule has 0 radical (unpaired) electrons. The van der Waals surface area contributed by atoms with Crippen molar-refractivity contribution in [3.05, 3.63) is 66.4 Å². The summed E-state index contributed by atoms with van der Waals surface area (Å²) >= 11 is 0. The summed E-state index contributed by atoms with van der Waals surface area (Å²) < 4.78 is 0. The molecule has 0 amide bonds. The molecule has 1 heterocycles. The first kappa shape index (κ1) is 10.7. The van der Waals surface area contributed by atoms with Gasteiger partial charge >= 0.3 is 0 Å². The van der Waals surface area contributed by atoms with Crippen LogP contribution in [0, 0.1) is 0 Å². The maximum Gasteiger partial charge on any atom is 0.150 e. The molecule has 0 aliphatic heterocycles. The van der Waals surface area contributed by atoms with E-state index in [4.69, 9.17) is 0 Å². The fourth-order valence-electron chi connectivity index (χ4n) is 2.12. The van der Waals surface area contributed by atoms with Crippen LogP contribution in [-0.2, 0) is 0 Å². The van der Waals surface area contributed by atoms with E-state index in [9.17, 15) is 4.79 Å². The SMILES string of the molecule is O=Cc1cc(-c2ccccc2)c2ncccc2c1. The quantitative estimate of drug-likeness (QED) is 0.631. The molecule has 0 aliphatic rings. The number of rotatable bonds is 2. The number of nitrogens with zero attached hydrogens (tertiary/aromatic N) is 1. The fourth-order valence-corrected chi connectivity index (χ4v) is 2.12. The molecule has 2 nitrogen and oxygen atoms in total. The lowest BCUT2D eigenvalue weighted by molar-refractivity contribution is 0.112. The Hall–Kier alpha value is -2.48. The van der Waals surface area contributed by atoms with Crippen molar-refractivity contribution in [2.45, 2.75) is 0 Å². The van der Waals surface area contributed by atoms with Crippen LogP contribution in [-0.4, -0.2) is 11.3 Å². The van der Waals surface area contributed by atoms with E-state index in [1.54, 1.807) is 6.20 Å². The van der Waals surface area contributed by atoms with Gasteiger partial charge in [0.2, 0.25) is 0 Å². The molecular weight excluding hydrogens is 222 g/mol. The topological polar surface area (TPSA) is 30.0 Å². The lowest BCUT2D eigenvalue weighted by Crippen LogP contribution is -1.88. The van der Waals surface area contributed by atoms with Gasteiger partial charge in [0, 0.05) is 22.7 Å². The Kier molecular flexibility index (Phi) is 2.61. The molecule has 1 aromatic heterocycles. The van der Waals surface area contributed by atoms with Crippen LogP contribution in [0.3, 0.4) is 0 Å². The highest BCUT2D eigenvalue weighted by Gasteiger charge is 2.06. The third-order valence-corrected chi connectivity index (χ3v) is 2.95. The Labute approximate surface area is 105 Å². The van der Waals surface area contributed by atoms with Crippen LogP contribution in [0.2, 0.25) is 0 Å². The van der Waals surface area contributed by atoms with Crippen molar-refractivity contribution in [1.82, 2.24) is 4.98 Å². The molecule has 0 aliphatic carbocycles. The number of fused-ring (bicyclic) bond motifs is 1. The van der Waals surface area contributed by atoms with Gasteiger partial charge in [0.05, 0.1) is 5.52 Å². The third-order valence-electron chi connectivity index (χ3n) is 2.95. The van der Waals surface area contributed by atoms with Gasteiger partial charge in [-0.15, -0.1) is 0 Å². The van der Waals surface area contributed by atoms with Crippen LogP contribution in [0.15, 0.2) is 60.8 Å². The summed E-state index contributed by atoms with van der Waals surface area (Å²) in [5.74, 6) is 0. The standard InChI is InChI=1S/C16H11NO/c18-11-12-9-14-7-4-8-17-16(14)15(10-12)13-5-2-1-3-6-13/h1-11H. The van der Waals surface area contributed by atoms with Crippen LogP contribution in [0.4, 0.5) is 0 Å². The lowest BCUT2D eigenvalue weighted by Gasteiger charge is -2.07. The van der Waals surface area contributed by atoms with Gasteiger partial charge in [0.1, 0.15) is 6.29 Å².